The number of nitrogens with zero attached hydrogens (tertiary/aromatic N) is 4. The Morgan fingerprint density at radius 2 is 1.59 bits per heavy atom. The fraction of sp³-hybridized carbons (Fsp3) is 0.583. The first-order valence-corrected chi connectivity index (χ1v) is 17.2. The average Bonchev–Trinajstić information content (AvgIpc) is 3.51. The van der Waals surface area contributed by atoms with Gasteiger partial charge in [0.25, 0.3) is 5.91 Å². The highest BCUT2D eigenvalue weighted by Crippen LogP contribution is 2.28. The molecule has 1 saturated carbocycles. The van der Waals surface area contributed by atoms with E-state index in [4.69, 9.17) is 4.74 Å². The molecule has 2 saturated heterocycles. The number of urea groups is 1. The Bertz CT molecular complexity index is 1390. The second-order valence-electron chi connectivity index (χ2n) is 13.7. The van der Waals surface area contributed by atoms with E-state index in [0.29, 0.717) is 45.6 Å². The summed E-state index contributed by atoms with van der Waals surface area (Å²) >= 11 is 0. The smallest absolute Gasteiger partial charge is 0.410 e. The van der Waals surface area contributed by atoms with E-state index in [-0.39, 0.29) is 30.2 Å². The molecule has 10 nitrogen and oxygen atoms in total. The van der Waals surface area contributed by atoms with Gasteiger partial charge in [0.15, 0.2) is 6.10 Å². The van der Waals surface area contributed by atoms with Crippen LogP contribution in [0.4, 0.5) is 15.3 Å². The van der Waals surface area contributed by atoms with Crippen LogP contribution in [0.2, 0.25) is 0 Å². The van der Waals surface area contributed by atoms with Gasteiger partial charge in [0, 0.05) is 70.5 Å². The number of amides is 4. The lowest BCUT2D eigenvalue weighted by Gasteiger charge is -2.39. The van der Waals surface area contributed by atoms with Crippen LogP contribution in [0, 0.1) is 19.8 Å². The van der Waals surface area contributed by atoms with Crippen LogP contribution in [0.15, 0.2) is 36.4 Å². The first-order chi connectivity index (χ1) is 22.2. The number of fused-ring (bicyclic) bond motifs is 1. The zero-order valence-electron chi connectivity index (χ0n) is 27.4. The zero-order valence-corrected chi connectivity index (χ0v) is 27.4. The molecule has 3 fully saturated rings. The number of para-hydroxylation sites is 1. The number of benzene rings is 2. The molecule has 3 heterocycles. The largest absolute Gasteiger partial charge is 0.507 e. The van der Waals surface area contributed by atoms with Crippen LogP contribution in [0.3, 0.4) is 0 Å². The molecular formula is C36H49N5O5. The van der Waals surface area contributed by atoms with Gasteiger partial charge in [0.05, 0.1) is 0 Å². The monoisotopic (exact) mass is 631 g/mol. The number of hydrogen-bond donors (Lipinski definition) is 2. The van der Waals surface area contributed by atoms with Crippen molar-refractivity contribution in [2.45, 2.75) is 77.4 Å². The Labute approximate surface area is 272 Å². The van der Waals surface area contributed by atoms with E-state index < -0.39 is 12.2 Å². The van der Waals surface area contributed by atoms with Gasteiger partial charge in [0.2, 0.25) is 0 Å². The molecule has 0 bridgehead atoms. The lowest BCUT2D eigenvalue weighted by molar-refractivity contribution is -0.142. The van der Waals surface area contributed by atoms with E-state index in [0.717, 1.165) is 59.9 Å². The van der Waals surface area contributed by atoms with Gasteiger partial charge in [0.1, 0.15) is 5.75 Å². The molecule has 4 aliphatic rings. The highest BCUT2D eigenvalue weighted by Gasteiger charge is 2.35. The van der Waals surface area contributed by atoms with Crippen molar-refractivity contribution < 1.29 is 24.2 Å². The molecule has 4 amide bonds. The van der Waals surface area contributed by atoms with Crippen molar-refractivity contribution in [3.05, 3.63) is 58.7 Å². The number of aryl methyl sites for hydroxylation is 2. The zero-order chi connectivity index (χ0) is 32.2. The third-order valence-electron chi connectivity index (χ3n) is 10.5. The molecule has 248 valence electrons. The van der Waals surface area contributed by atoms with Gasteiger partial charge in [-0.1, -0.05) is 43.2 Å². The van der Waals surface area contributed by atoms with Gasteiger partial charge in [-0.15, -0.1) is 0 Å². The van der Waals surface area contributed by atoms with E-state index in [2.05, 4.69) is 10.2 Å². The summed E-state index contributed by atoms with van der Waals surface area (Å²) in [6.45, 7) is 9.25. The highest BCUT2D eigenvalue weighted by atomic mass is 16.6. The van der Waals surface area contributed by atoms with Gasteiger partial charge in [-0.2, -0.15) is 0 Å². The predicted octanol–water partition coefficient (Wildman–Crippen LogP) is 4.95. The number of hydrogen-bond acceptors (Lipinski definition) is 6. The number of aromatic hydroxyl groups is 1. The number of carbonyl (C=O) groups is 3. The SMILES string of the molecule is Cc1cc(C[C@@H](OC(=O)N2CCC(N3CCc4ccccc4NC3=O)CC2)C(=O)N2CCN(CC3CCCC3)CC2)cc(C)c1O. The minimum Gasteiger partial charge on any atom is -0.507 e. The van der Waals surface area contributed by atoms with Crippen molar-refractivity contribution in [2.75, 3.05) is 57.7 Å². The Balaban J connectivity index is 1.08. The van der Waals surface area contributed by atoms with Gasteiger partial charge < -0.3 is 29.9 Å². The van der Waals surface area contributed by atoms with Crippen LogP contribution in [0.5, 0.6) is 5.75 Å². The molecule has 0 spiro atoms. The second kappa shape index (κ2) is 14.3. The fourth-order valence-electron chi connectivity index (χ4n) is 7.76. The van der Waals surface area contributed by atoms with Crippen molar-refractivity contribution in [1.29, 1.82) is 0 Å². The Hall–Kier alpha value is -3.79. The number of carbonyl (C=O) groups excluding carboxylic acids is 3. The van der Waals surface area contributed by atoms with Crippen LogP contribution >= 0.6 is 0 Å². The van der Waals surface area contributed by atoms with Crippen molar-refractivity contribution in [1.82, 2.24) is 19.6 Å². The standard InChI is InChI=1S/C36H49N5O5/c1-25-21-28(22-26(2)33(25)42)23-32(34(43)39-19-17-38(18-20-39)24-27-7-3-4-8-27)46-36(45)40-14-12-30(13-15-40)41-16-11-29-9-5-6-10-31(29)37-35(41)44/h5-6,9-10,21-22,27,30,32,42H,3-4,7-8,11-20,23-24H2,1-2H3,(H,37,44)/t32-/m1/s1. The fourth-order valence-corrected chi connectivity index (χ4v) is 7.76. The molecule has 6 rings (SSSR count). The summed E-state index contributed by atoms with van der Waals surface area (Å²) in [5, 5.41) is 13.4. The van der Waals surface area contributed by atoms with Crippen LogP contribution in [-0.2, 0) is 22.4 Å². The number of likely N-dealkylation sites (tertiary alicyclic amines) is 1. The van der Waals surface area contributed by atoms with Crippen molar-refractivity contribution >= 4 is 23.7 Å². The summed E-state index contributed by atoms with van der Waals surface area (Å²) in [5.41, 5.74) is 4.31. The van der Waals surface area contributed by atoms with Gasteiger partial charge in [-0.05, 0) is 80.2 Å². The lowest BCUT2D eigenvalue weighted by Crippen LogP contribution is -2.54. The minimum atomic E-state index is -0.954. The molecule has 3 aliphatic heterocycles. The summed E-state index contributed by atoms with van der Waals surface area (Å²) in [6, 6.07) is 11.6. The van der Waals surface area contributed by atoms with Crippen molar-refractivity contribution in [2.24, 2.45) is 5.92 Å². The number of phenols is 1. The van der Waals surface area contributed by atoms with Crippen LogP contribution in [0.25, 0.3) is 0 Å². The number of piperazine rings is 1. The molecule has 2 aromatic rings. The molecule has 0 unspecified atom stereocenters. The Kier molecular flexibility index (Phi) is 10.0. The molecule has 1 atom stereocenters. The molecule has 0 radical (unpaired) electrons. The van der Waals surface area contributed by atoms with Gasteiger partial charge in [-0.3, -0.25) is 9.69 Å². The lowest BCUT2D eigenvalue weighted by atomic mass is 10.0. The second-order valence-corrected chi connectivity index (χ2v) is 13.7. The number of rotatable bonds is 7. The number of anilines is 1. The maximum atomic E-state index is 13.9. The topological polar surface area (TPSA) is 106 Å². The third-order valence-corrected chi connectivity index (χ3v) is 10.5. The maximum Gasteiger partial charge on any atom is 0.410 e. The molecule has 2 N–H and O–H groups in total. The number of phenolic OH excluding ortho intramolecular Hbond substituents is 1. The summed E-state index contributed by atoms with van der Waals surface area (Å²) < 4.78 is 6.04. The Morgan fingerprint density at radius 1 is 0.913 bits per heavy atom. The minimum absolute atomic E-state index is 0.0271. The first kappa shape index (κ1) is 32.2. The molecule has 2 aromatic carbocycles. The summed E-state index contributed by atoms with van der Waals surface area (Å²) in [7, 11) is 0. The van der Waals surface area contributed by atoms with Gasteiger partial charge >= 0.3 is 12.1 Å². The summed E-state index contributed by atoms with van der Waals surface area (Å²) in [6.07, 6.45) is 6.15. The molecular weight excluding hydrogens is 582 g/mol. The van der Waals surface area contributed by atoms with Crippen LogP contribution in [-0.4, -0.2) is 107 Å². The number of ether oxygens (including phenoxy) is 1. The normalized spacial score (nSPS) is 20.7. The molecule has 0 aromatic heterocycles. The Morgan fingerprint density at radius 3 is 2.28 bits per heavy atom. The summed E-state index contributed by atoms with van der Waals surface area (Å²) in [4.78, 5) is 48.5. The van der Waals surface area contributed by atoms with E-state index in [1.54, 1.807) is 4.90 Å². The van der Waals surface area contributed by atoms with Crippen LogP contribution < -0.4 is 5.32 Å². The molecule has 46 heavy (non-hydrogen) atoms. The van der Waals surface area contributed by atoms with Gasteiger partial charge in [-0.25, -0.2) is 9.59 Å². The van der Waals surface area contributed by atoms with E-state index in [1.165, 1.54) is 25.7 Å². The predicted molar refractivity (Wildman–Crippen MR) is 177 cm³/mol. The first-order valence-electron chi connectivity index (χ1n) is 17.2. The highest BCUT2D eigenvalue weighted by molar-refractivity contribution is 5.91. The summed E-state index contributed by atoms with van der Waals surface area (Å²) in [5.74, 6) is 0.853. The quantitative estimate of drug-likeness (QED) is 0.449. The van der Waals surface area contributed by atoms with E-state index in [9.17, 15) is 19.5 Å². The third kappa shape index (κ3) is 7.43. The van der Waals surface area contributed by atoms with E-state index >= 15 is 0 Å². The van der Waals surface area contributed by atoms with Crippen molar-refractivity contribution in [3.8, 4) is 5.75 Å². The average molecular weight is 632 g/mol. The maximum absolute atomic E-state index is 13.9. The number of piperidine rings is 1. The molecule has 1 aliphatic carbocycles. The van der Waals surface area contributed by atoms with Crippen LogP contribution in [0.1, 0.15) is 60.8 Å². The number of nitrogens with one attached hydrogen (secondary N) is 1. The molecule has 10 heteroatoms. The van der Waals surface area contributed by atoms with Crippen molar-refractivity contribution in [3.63, 3.8) is 0 Å². The van der Waals surface area contributed by atoms with E-state index in [1.807, 2.05) is 60.0 Å².